The van der Waals surface area contributed by atoms with Crippen molar-refractivity contribution < 1.29 is 0 Å². The highest BCUT2D eigenvalue weighted by Crippen LogP contribution is 2.57. The van der Waals surface area contributed by atoms with E-state index in [0.29, 0.717) is 0 Å². The maximum absolute atomic E-state index is 2.59. The van der Waals surface area contributed by atoms with Gasteiger partial charge in [-0.25, -0.2) is 0 Å². The second kappa shape index (κ2) is 5.65. The van der Waals surface area contributed by atoms with Crippen LogP contribution in [-0.2, 0) is 0 Å². The molecule has 0 N–H and O–H groups in total. The van der Waals surface area contributed by atoms with Crippen molar-refractivity contribution in [1.82, 2.24) is 0 Å². The SMILES string of the molecule is CC1CC2C3[C@H](C)CC[C@H](C(C)C)[C@@H]3C[C@H](C)C[C@@H]2C1. The van der Waals surface area contributed by atoms with Gasteiger partial charge < -0.3 is 0 Å². The van der Waals surface area contributed by atoms with E-state index in [9.17, 15) is 0 Å². The minimum Gasteiger partial charge on any atom is -0.0625 e. The summed E-state index contributed by atoms with van der Waals surface area (Å²) in [5.41, 5.74) is 0. The lowest BCUT2D eigenvalue weighted by Crippen LogP contribution is -2.40. The Kier molecular flexibility index (Phi) is 4.22. The van der Waals surface area contributed by atoms with E-state index in [0.717, 1.165) is 53.3 Å². The van der Waals surface area contributed by atoms with Crippen molar-refractivity contribution >= 4 is 0 Å². The molecule has 3 fully saturated rings. The highest BCUT2D eigenvalue weighted by Gasteiger charge is 2.49. The molecule has 0 heterocycles. The maximum atomic E-state index is 2.59. The van der Waals surface area contributed by atoms with E-state index in [4.69, 9.17) is 0 Å². The van der Waals surface area contributed by atoms with Gasteiger partial charge >= 0.3 is 0 Å². The molecule has 3 aliphatic rings. The van der Waals surface area contributed by atoms with Crippen LogP contribution in [0.25, 0.3) is 0 Å². The summed E-state index contributed by atoms with van der Waals surface area (Å²) in [5, 5.41) is 0. The van der Waals surface area contributed by atoms with Crippen molar-refractivity contribution in [2.24, 2.45) is 53.3 Å². The first-order valence-corrected chi connectivity index (χ1v) is 9.47. The van der Waals surface area contributed by atoms with Crippen LogP contribution < -0.4 is 0 Å². The molecule has 0 heteroatoms. The Morgan fingerprint density at radius 2 is 1.35 bits per heavy atom. The van der Waals surface area contributed by atoms with E-state index in [-0.39, 0.29) is 0 Å². The fourth-order valence-corrected chi connectivity index (χ4v) is 6.73. The lowest BCUT2D eigenvalue weighted by atomic mass is 9.58. The number of fused-ring (bicyclic) bond motifs is 3. The molecule has 0 bridgehead atoms. The summed E-state index contributed by atoms with van der Waals surface area (Å²) >= 11 is 0. The van der Waals surface area contributed by atoms with E-state index in [1.807, 2.05) is 0 Å². The van der Waals surface area contributed by atoms with Crippen LogP contribution in [0.1, 0.15) is 73.1 Å². The number of rotatable bonds is 1. The van der Waals surface area contributed by atoms with Crippen LogP contribution in [0.15, 0.2) is 0 Å². The fraction of sp³-hybridized carbons (Fsp3) is 1.00. The number of hydrogen-bond donors (Lipinski definition) is 0. The zero-order chi connectivity index (χ0) is 14.4. The molecule has 0 aromatic carbocycles. The lowest BCUT2D eigenvalue weighted by Gasteiger charge is -2.47. The van der Waals surface area contributed by atoms with Gasteiger partial charge in [-0.05, 0) is 85.4 Å². The minimum absolute atomic E-state index is 0.901. The van der Waals surface area contributed by atoms with Gasteiger partial charge in [-0.1, -0.05) is 41.0 Å². The third kappa shape index (κ3) is 2.57. The van der Waals surface area contributed by atoms with Gasteiger partial charge in [0, 0.05) is 0 Å². The summed E-state index contributed by atoms with van der Waals surface area (Å²) in [6.45, 7) is 12.6. The van der Waals surface area contributed by atoms with Gasteiger partial charge in [0.1, 0.15) is 0 Å². The van der Waals surface area contributed by atoms with Gasteiger partial charge in [0.25, 0.3) is 0 Å². The first kappa shape index (κ1) is 14.9. The Bertz CT molecular complexity index is 331. The molecule has 0 amide bonds. The van der Waals surface area contributed by atoms with Crippen molar-refractivity contribution in [3.05, 3.63) is 0 Å². The zero-order valence-corrected chi connectivity index (χ0v) is 14.4. The molecule has 3 rings (SSSR count). The molecule has 0 aromatic heterocycles. The van der Waals surface area contributed by atoms with Crippen molar-refractivity contribution in [3.63, 3.8) is 0 Å². The molecule has 0 spiro atoms. The lowest BCUT2D eigenvalue weighted by molar-refractivity contribution is 0.0212. The van der Waals surface area contributed by atoms with Gasteiger partial charge in [0.05, 0.1) is 0 Å². The van der Waals surface area contributed by atoms with Crippen LogP contribution in [0.2, 0.25) is 0 Å². The van der Waals surface area contributed by atoms with Gasteiger partial charge in [-0.2, -0.15) is 0 Å². The highest BCUT2D eigenvalue weighted by molar-refractivity contribution is 4.98. The molecule has 0 aliphatic heterocycles. The predicted molar refractivity (Wildman–Crippen MR) is 87.5 cm³/mol. The topological polar surface area (TPSA) is 0 Å². The van der Waals surface area contributed by atoms with Gasteiger partial charge in [0.2, 0.25) is 0 Å². The van der Waals surface area contributed by atoms with Crippen molar-refractivity contribution in [1.29, 1.82) is 0 Å². The Balaban J connectivity index is 1.90. The molecule has 0 nitrogen and oxygen atoms in total. The van der Waals surface area contributed by atoms with E-state index in [1.165, 1.54) is 19.3 Å². The summed E-state index contributed by atoms with van der Waals surface area (Å²) in [4.78, 5) is 0. The third-order valence-electron chi connectivity index (χ3n) is 7.37. The Hall–Kier alpha value is 0. The molecular formula is C20H36. The standard InChI is InChI=1S/C20H36/c1-12(2)17-7-6-15(5)20-18-10-13(3)8-16(18)9-14(4)11-19(17)20/h12-20H,6-11H2,1-5H3/t13?,14-,15-,16+,17-,18?,19+,20?/m1/s1. The molecular weight excluding hydrogens is 240 g/mol. The summed E-state index contributed by atoms with van der Waals surface area (Å²) < 4.78 is 0. The average molecular weight is 277 g/mol. The summed E-state index contributed by atoms with van der Waals surface area (Å²) in [6, 6.07) is 0. The molecule has 0 aromatic rings. The fourth-order valence-electron chi connectivity index (χ4n) is 6.73. The molecule has 3 unspecified atom stereocenters. The highest BCUT2D eigenvalue weighted by atomic mass is 14.5. The minimum atomic E-state index is 0.901. The Morgan fingerprint density at radius 3 is 1.95 bits per heavy atom. The second-order valence-electron chi connectivity index (χ2n) is 9.28. The van der Waals surface area contributed by atoms with Crippen LogP contribution in [0, 0.1) is 53.3 Å². The second-order valence-corrected chi connectivity index (χ2v) is 9.28. The largest absolute Gasteiger partial charge is 0.0625 e. The van der Waals surface area contributed by atoms with E-state index in [1.54, 1.807) is 19.3 Å². The van der Waals surface area contributed by atoms with Gasteiger partial charge in [-0.3, -0.25) is 0 Å². The molecule has 0 saturated heterocycles. The Morgan fingerprint density at radius 1 is 0.750 bits per heavy atom. The normalized spacial score (nSPS) is 52.5. The Labute approximate surface area is 127 Å². The van der Waals surface area contributed by atoms with E-state index >= 15 is 0 Å². The quantitative estimate of drug-likeness (QED) is 0.550. The maximum Gasteiger partial charge on any atom is -0.0326 e. The third-order valence-corrected chi connectivity index (χ3v) is 7.37. The molecule has 8 atom stereocenters. The summed E-state index contributed by atoms with van der Waals surface area (Å²) in [7, 11) is 0. The van der Waals surface area contributed by atoms with Crippen molar-refractivity contribution in [3.8, 4) is 0 Å². The van der Waals surface area contributed by atoms with Crippen molar-refractivity contribution in [2.45, 2.75) is 73.1 Å². The molecule has 116 valence electrons. The van der Waals surface area contributed by atoms with Crippen LogP contribution >= 0.6 is 0 Å². The van der Waals surface area contributed by atoms with Crippen LogP contribution in [0.4, 0.5) is 0 Å². The first-order valence-electron chi connectivity index (χ1n) is 9.47. The summed E-state index contributed by atoms with van der Waals surface area (Å²) in [6.07, 6.45) is 9.19. The summed E-state index contributed by atoms with van der Waals surface area (Å²) in [5.74, 6) is 9.17. The smallest absolute Gasteiger partial charge is 0.0326 e. The van der Waals surface area contributed by atoms with Crippen LogP contribution in [-0.4, -0.2) is 0 Å². The molecule has 0 radical (unpaired) electrons. The van der Waals surface area contributed by atoms with Crippen LogP contribution in [0.5, 0.6) is 0 Å². The average Bonchev–Trinajstić information content (AvgIpc) is 2.63. The van der Waals surface area contributed by atoms with E-state index in [2.05, 4.69) is 34.6 Å². The first-order chi connectivity index (χ1) is 9.47. The molecule has 3 aliphatic carbocycles. The van der Waals surface area contributed by atoms with Gasteiger partial charge in [-0.15, -0.1) is 0 Å². The predicted octanol–water partition coefficient (Wildman–Crippen LogP) is 6.01. The molecule has 3 saturated carbocycles. The zero-order valence-electron chi connectivity index (χ0n) is 14.4. The van der Waals surface area contributed by atoms with Gasteiger partial charge in [0.15, 0.2) is 0 Å². The monoisotopic (exact) mass is 276 g/mol. The van der Waals surface area contributed by atoms with Crippen LogP contribution in [0.3, 0.4) is 0 Å². The van der Waals surface area contributed by atoms with Crippen molar-refractivity contribution in [2.75, 3.05) is 0 Å². The van der Waals surface area contributed by atoms with E-state index < -0.39 is 0 Å². The molecule has 20 heavy (non-hydrogen) atoms. The number of hydrogen-bond acceptors (Lipinski definition) is 0.